The van der Waals surface area contributed by atoms with Crippen molar-refractivity contribution in [3.63, 3.8) is 0 Å². The second-order valence-electron chi connectivity index (χ2n) is 14.0. The molecule has 5 amide bonds. The summed E-state index contributed by atoms with van der Waals surface area (Å²) in [5, 5.41) is 30.1. The molecule has 0 bridgehead atoms. The Hall–Kier alpha value is -5.27. The first-order valence-electron chi connectivity index (χ1n) is 17.9. The van der Waals surface area contributed by atoms with E-state index in [1.54, 1.807) is 26.0 Å². The van der Waals surface area contributed by atoms with Gasteiger partial charge in [0.05, 0.1) is 17.9 Å². The molecule has 290 valence electrons. The lowest BCUT2D eigenvalue weighted by atomic mass is 9.95. The summed E-state index contributed by atoms with van der Waals surface area (Å²) in [6, 6.07) is 4.71. The van der Waals surface area contributed by atoms with Crippen molar-refractivity contribution in [3.8, 4) is 0 Å². The van der Waals surface area contributed by atoms with E-state index in [4.69, 9.17) is 0 Å². The number of allylic oxidation sites excluding steroid dienone is 4. The molecular formula is C39H55N5O9. The van der Waals surface area contributed by atoms with Gasteiger partial charge in [0, 0.05) is 13.5 Å². The standard InChI is InChI=1S/C39H55N5O9/c1-9-30-36(48)43-33(39(52)53)26(7)35(47)42-32(22(2)3)37(49)40-28(18-16-24(5)21-23(4)15-17-27-13-11-10-12-14-27)25(6)34(46)41-29(38(50)51)19-20-31(45)44(30)8/h9-14,16,18,21-23,25-26,28-29,32-33H,15,17,19-20H2,1-8H3,(H,40,49)(H,41,46)(H,42,47)(H,43,48)(H,50,51)(H,52,53). The molecule has 1 heterocycles. The number of hydrogen-bond donors (Lipinski definition) is 6. The van der Waals surface area contributed by atoms with Crippen LogP contribution < -0.4 is 21.3 Å². The van der Waals surface area contributed by atoms with Crippen LogP contribution >= 0.6 is 0 Å². The third kappa shape index (κ3) is 13.3. The van der Waals surface area contributed by atoms with Crippen LogP contribution in [0, 0.1) is 23.7 Å². The molecule has 1 aliphatic rings. The molecular weight excluding hydrogens is 682 g/mol. The van der Waals surface area contributed by atoms with Gasteiger partial charge in [-0.1, -0.05) is 94.8 Å². The van der Waals surface area contributed by atoms with Crippen LogP contribution in [0.3, 0.4) is 0 Å². The van der Waals surface area contributed by atoms with E-state index in [9.17, 15) is 43.8 Å². The molecule has 0 saturated carbocycles. The summed E-state index contributed by atoms with van der Waals surface area (Å²) in [6.45, 7) is 11.6. The SMILES string of the molecule is CC=C1C(=O)NC(C(=O)O)C(C)C(=O)NC(C(C)C)C(=O)NC(C=CC(C)=CC(C)CCc2ccccc2)C(C)C(=O)NC(C(=O)O)CCC(=O)N1C. The average Bonchev–Trinajstić information content (AvgIpc) is 3.10. The van der Waals surface area contributed by atoms with Gasteiger partial charge in [0.15, 0.2) is 0 Å². The predicted molar refractivity (Wildman–Crippen MR) is 199 cm³/mol. The summed E-state index contributed by atoms with van der Waals surface area (Å²) in [5.41, 5.74) is 1.85. The van der Waals surface area contributed by atoms with E-state index >= 15 is 0 Å². The summed E-state index contributed by atoms with van der Waals surface area (Å²) < 4.78 is 0. The van der Waals surface area contributed by atoms with Crippen molar-refractivity contribution in [2.75, 3.05) is 7.05 Å². The molecule has 1 saturated heterocycles. The Labute approximate surface area is 311 Å². The molecule has 0 radical (unpaired) electrons. The van der Waals surface area contributed by atoms with Crippen molar-refractivity contribution in [2.24, 2.45) is 23.7 Å². The van der Waals surface area contributed by atoms with Gasteiger partial charge in [-0.25, -0.2) is 9.59 Å². The lowest BCUT2D eigenvalue weighted by Gasteiger charge is -2.29. The largest absolute Gasteiger partial charge is 0.480 e. The topological polar surface area (TPSA) is 211 Å². The van der Waals surface area contributed by atoms with E-state index in [1.807, 2.05) is 25.1 Å². The van der Waals surface area contributed by atoms with Gasteiger partial charge in [0.2, 0.25) is 23.6 Å². The maximum absolute atomic E-state index is 13.8. The molecule has 14 nitrogen and oxygen atoms in total. The summed E-state index contributed by atoms with van der Waals surface area (Å²) in [4.78, 5) is 92.5. The van der Waals surface area contributed by atoms with Crippen molar-refractivity contribution in [3.05, 3.63) is 71.5 Å². The summed E-state index contributed by atoms with van der Waals surface area (Å²) in [6.07, 6.45) is 7.78. The van der Waals surface area contributed by atoms with Crippen LogP contribution in [0.1, 0.15) is 73.3 Å². The zero-order chi connectivity index (χ0) is 40.0. The van der Waals surface area contributed by atoms with E-state index in [-0.39, 0.29) is 18.0 Å². The summed E-state index contributed by atoms with van der Waals surface area (Å²) in [5.74, 6) is -9.43. The van der Waals surface area contributed by atoms with E-state index < -0.39 is 89.8 Å². The Bertz CT molecular complexity index is 1590. The molecule has 0 aromatic heterocycles. The monoisotopic (exact) mass is 737 g/mol. The fourth-order valence-corrected chi connectivity index (χ4v) is 5.83. The summed E-state index contributed by atoms with van der Waals surface area (Å²) in [7, 11) is 1.27. The second kappa shape index (κ2) is 20.7. The fraction of sp³-hybridized carbons (Fsp3) is 0.513. The minimum absolute atomic E-state index is 0.202. The van der Waals surface area contributed by atoms with Crippen LogP contribution in [0.2, 0.25) is 0 Å². The van der Waals surface area contributed by atoms with Gasteiger partial charge >= 0.3 is 11.9 Å². The van der Waals surface area contributed by atoms with Crippen LogP contribution in [0.25, 0.3) is 0 Å². The third-order valence-corrected chi connectivity index (χ3v) is 9.32. The zero-order valence-electron chi connectivity index (χ0n) is 31.8. The number of likely N-dealkylation sites (N-methyl/N-ethyl adjacent to an activating group) is 1. The first-order valence-corrected chi connectivity index (χ1v) is 17.9. The van der Waals surface area contributed by atoms with Gasteiger partial charge in [0.25, 0.3) is 5.91 Å². The number of benzene rings is 1. The highest BCUT2D eigenvalue weighted by Gasteiger charge is 2.37. The number of carbonyl (C=O) groups excluding carboxylic acids is 5. The first kappa shape index (κ1) is 43.9. The van der Waals surface area contributed by atoms with Crippen molar-refractivity contribution >= 4 is 41.5 Å². The minimum atomic E-state index is -1.74. The van der Waals surface area contributed by atoms with Crippen LogP contribution in [-0.2, 0) is 40.0 Å². The number of carboxylic acids is 2. The second-order valence-corrected chi connectivity index (χ2v) is 14.0. The smallest absolute Gasteiger partial charge is 0.327 e. The van der Waals surface area contributed by atoms with E-state index in [0.29, 0.717) is 0 Å². The van der Waals surface area contributed by atoms with Gasteiger partial charge in [-0.3, -0.25) is 24.0 Å². The van der Waals surface area contributed by atoms with E-state index in [0.717, 1.165) is 23.3 Å². The molecule has 7 atom stereocenters. The Kier molecular flexibility index (Phi) is 17.1. The Morgan fingerprint density at radius 1 is 0.887 bits per heavy atom. The van der Waals surface area contributed by atoms with Crippen LogP contribution in [0.15, 0.2) is 65.9 Å². The number of nitrogens with one attached hydrogen (secondary N) is 4. The number of aryl methyl sites for hydroxylation is 1. The normalized spacial score (nSPS) is 26.2. The quantitative estimate of drug-likeness (QED) is 0.162. The summed E-state index contributed by atoms with van der Waals surface area (Å²) >= 11 is 0. The maximum atomic E-state index is 13.8. The molecule has 6 N–H and O–H groups in total. The number of rotatable bonds is 9. The number of carboxylic acid groups (broad SMARTS) is 2. The molecule has 2 rings (SSSR count). The molecule has 7 unspecified atom stereocenters. The highest BCUT2D eigenvalue weighted by molar-refractivity contribution is 6.00. The number of carbonyl (C=O) groups is 7. The molecule has 14 heteroatoms. The third-order valence-electron chi connectivity index (χ3n) is 9.32. The number of amides is 5. The van der Waals surface area contributed by atoms with Gasteiger partial charge in [0.1, 0.15) is 23.8 Å². The van der Waals surface area contributed by atoms with Crippen LogP contribution in [-0.4, -0.2) is 87.8 Å². The Morgan fingerprint density at radius 3 is 2.08 bits per heavy atom. The molecule has 1 aromatic rings. The zero-order valence-corrected chi connectivity index (χ0v) is 31.8. The van der Waals surface area contributed by atoms with Crippen LogP contribution in [0.5, 0.6) is 0 Å². The molecule has 1 aromatic carbocycles. The van der Waals surface area contributed by atoms with Crippen molar-refractivity contribution in [1.29, 1.82) is 0 Å². The highest BCUT2D eigenvalue weighted by atomic mass is 16.4. The van der Waals surface area contributed by atoms with Crippen LogP contribution in [0.4, 0.5) is 0 Å². The average molecular weight is 738 g/mol. The molecule has 0 aliphatic carbocycles. The molecule has 1 fully saturated rings. The lowest BCUT2D eigenvalue weighted by Crippen LogP contribution is -2.57. The first-order chi connectivity index (χ1) is 24.9. The van der Waals surface area contributed by atoms with Crippen molar-refractivity contribution in [2.45, 2.75) is 98.3 Å². The number of hydrogen-bond acceptors (Lipinski definition) is 7. The predicted octanol–water partition coefficient (Wildman–Crippen LogP) is 2.95. The maximum Gasteiger partial charge on any atom is 0.327 e. The minimum Gasteiger partial charge on any atom is -0.480 e. The molecule has 1 aliphatic heterocycles. The van der Waals surface area contributed by atoms with Gasteiger partial charge < -0.3 is 36.4 Å². The number of aliphatic carboxylic acids is 2. The van der Waals surface area contributed by atoms with Gasteiger partial charge in [-0.15, -0.1) is 0 Å². The highest BCUT2D eigenvalue weighted by Crippen LogP contribution is 2.17. The van der Waals surface area contributed by atoms with Gasteiger partial charge in [-0.05, 0) is 50.5 Å². The Morgan fingerprint density at radius 2 is 1.51 bits per heavy atom. The molecule has 53 heavy (non-hydrogen) atoms. The van der Waals surface area contributed by atoms with E-state index in [1.165, 1.54) is 39.5 Å². The van der Waals surface area contributed by atoms with E-state index in [2.05, 4.69) is 46.4 Å². The lowest BCUT2D eigenvalue weighted by molar-refractivity contribution is -0.146. The Balaban J connectivity index is 2.53. The van der Waals surface area contributed by atoms with Crippen molar-refractivity contribution < 1.29 is 43.8 Å². The number of nitrogens with zero attached hydrogens (tertiary/aromatic N) is 1. The van der Waals surface area contributed by atoms with Gasteiger partial charge in [-0.2, -0.15) is 0 Å². The fourth-order valence-electron chi connectivity index (χ4n) is 5.83. The molecule has 0 spiro atoms. The van der Waals surface area contributed by atoms with Crippen molar-refractivity contribution in [1.82, 2.24) is 26.2 Å².